The monoisotopic (exact) mass is 376 g/mol. The van der Waals surface area contributed by atoms with Crippen LogP contribution in [0.15, 0.2) is 73.1 Å². The first-order chi connectivity index (χ1) is 13.9. The molecule has 0 saturated carbocycles. The summed E-state index contributed by atoms with van der Waals surface area (Å²) in [7, 11) is 0. The fraction of sp³-hybridized carbons (Fsp3) is 0.250. The zero-order valence-electron chi connectivity index (χ0n) is 17.8. The van der Waals surface area contributed by atoms with Gasteiger partial charge in [-0.25, -0.2) is 9.97 Å². The summed E-state index contributed by atoms with van der Waals surface area (Å²) in [6.07, 6.45) is 3.76. The summed E-state index contributed by atoms with van der Waals surface area (Å²) < 4.78 is 0. The highest BCUT2D eigenvalue weighted by Crippen LogP contribution is 2.27. The smallest absolute Gasteiger partial charge is 0.227 e. The van der Waals surface area contributed by atoms with Gasteiger partial charge in [-0.3, -0.25) is 0 Å². The Bertz CT molecular complexity index is 914. The largest absolute Gasteiger partial charge is 0.360 e. The molecule has 4 heteroatoms. The minimum atomic E-state index is 0.592. The Labute approximate surface area is 169 Å². The number of hydrogen-bond donors (Lipinski definition) is 2. The van der Waals surface area contributed by atoms with Crippen LogP contribution in [0.5, 0.6) is 0 Å². The van der Waals surface area contributed by atoms with Gasteiger partial charge in [0, 0.05) is 34.5 Å². The average Bonchev–Trinajstić information content (AvgIpc) is 3.23. The maximum Gasteiger partial charge on any atom is 0.227 e. The van der Waals surface area contributed by atoms with Crippen LogP contribution in [-0.2, 0) is 0 Å². The van der Waals surface area contributed by atoms with Gasteiger partial charge in [-0.15, -0.1) is 0 Å². The van der Waals surface area contributed by atoms with Gasteiger partial charge < -0.3 is 10.3 Å². The third-order valence-electron chi connectivity index (χ3n) is 3.55. The van der Waals surface area contributed by atoms with Crippen molar-refractivity contribution in [2.45, 2.75) is 41.5 Å². The van der Waals surface area contributed by atoms with E-state index < -0.39 is 0 Å². The number of aromatic nitrogens is 3. The zero-order chi connectivity index (χ0) is 20.8. The number of hydrogen-bond acceptors (Lipinski definition) is 3. The number of H-pyrrole nitrogens is 1. The molecule has 0 radical (unpaired) electrons. The molecule has 0 spiro atoms. The molecule has 0 aliphatic heterocycles. The number of rotatable bonds is 3. The molecular weight excluding hydrogens is 344 g/mol. The van der Waals surface area contributed by atoms with Crippen LogP contribution in [0.1, 0.15) is 41.5 Å². The van der Waals surface area contributed by atoms with E-state index in [1.54, 1.807) is 6.20 Å². The molecular formula is C24H32N4. The highest BCUT2D eigenvalue weighted by molar-refractivity contribution is 5.94. The van der Waals surface area contributed by atoms with Crippen LogP contribution in [0.4, 0.5) is 11.6 Å². The predicted octanol–water partition coefficient (Wildman–Crippen LogP) is 7.45. The van der Waals surface area contributed by atoms with E-state index in [2.05, 4.69) is 32.4 Å². The van der Waals surface area contributed by atoms with Gasteiger partial charge in [0.1, 0.15) is 0 Å². The number of fused-ring (bicyclic) bond motifs is 1. The van der Waals surface area contributed by atoms with Crippen molar-refractivity contribution in [3.8, 4) is 11.3 Å². The van der Waals surface area contributed by atoms with Gasteiger partial charge in [-0.05, 0) is 24.3 Å². The lowest BCUT2D eigenvalue weighted by Crippen LogP contribution is -1.97. The summed E-state index contributed by atoms with van der Waals surface area (Å²) >= 11 is 0. The molecule has 0 saturated heterocycles. The molecule has 0 atom stereocenters. The minimum Gasteiger partial charge on any atom is -0.360 e. The van der Waals surface area contributed by atoms with Crippen molar-refractivity contribution in [1.82, 2.24) is 15.0 Å². The molecule has 4 aromatic rings. The number of benzene rings is 2. The van der Waals surface area contributed by atoms with E-state index in [0.717, 1.165) is 27.8 Å². The standard InChI is InChI=1S/C18H14N4.3C2H6/c1-2-6-13(7-3-1)21-18-19-11-10-17(22-18)15-12-20-16-9-5-4-8-14(15)16;3*1-2/h1-12,20H,(H,19,21,22);3*1-2H3. The lowest BCUT2D eigenvalue weighted by Gasteiger charge is -2.06. The first-order valence-corrected chi connectivity index (χ1v) is 10.1. The Morgan fingerprint density at radius 2 is 1.39 bits per heavy atom. The predicted molar refractivity (Wildman–Crippen MR) is 123 cm³/mol. The second-order valence-electron chi connectivity index (χ2n) is 5.00. The van der Waals surface area contributed by atoms with Gasteiger partial charge >= 0.3 is 0 Å². The molecule has 0 aliphatic carbocycles. The van der Waals surface area contributed by atoms with E-state index in [-0.39, 0.29) is 0 Å². The summed E-state index contributed by atoms with van der Waals surface area (Å²) in [6.45, 7) is 12.0. The summed E-state index contributed by atoms with van der Waals surface area (Å²) in [5, 5.41) is 4.38. The Morgan fingerprint density at radius 1 is 0.750 bits per heavy atom. The molecule has 28 heavy (non-hydrogen) atoms. The highest BCUT2D eigenvalue weighted by Gasteiger charge is 2.08. The Kier molecular flexibility index (Phi) is 10.7. The first-order valence-electron chi connectivity index (χ1n) is 10.1. The van der Waals surface area contributed by atoms with Crippen molar-refractivity contribution in [3.05, 3.63) is 73.1 Å². The SMILES string of the molecule is CC.CC.CC.c1ccc(Nc2nccc(-c3c[nH]c4ccccc34)n2)cc1. The summed E-state index contributed by atoms with van der Waals surface area (Å²) in [5.74, 6) is 0.592. The van der Waals surface area contributed by atoms with Crippen LogP contribution in [0, 0.1) is 0 Å². The topological polar surface area (TPSA) is 53.6 Å². The third kappa shape index (κ3) is 5.95. The number of nitrogens with one attached hydrogen (secondary N) is 2. The first kappa shape index (κ1) is 22.9. The molecule has 2 heterocycles. The fourth-order valence-corrected chi connectivity index (χ4v) is 2.50. The molecule has 0 amide bonds. The van der Waals surface area contributed by atoms with Crippen LogP contribution in [0.3, 0.4) is 0 Å². The second kappa shape index (κ2) is 13.1. The van der Waals surface area contributed by atoms with Crippen molar-refractivity contribution in [1.29, 1.82) is 0 Å². The molecule has 0 aliphatic rings. The maximum atomic E-state index is 4.62. The van der Waals surface area contributed by atoms with Crippen molar-refractivity contribution < 1.29 is 0 Å². The highest BCUT2D eigenvalue weighted by atomic mass is 15.1. The summed E-state index contributed by atoms with van der Waals surface area (Å²) in [4.78, 5) is 12.2. The lowest BCUT2D eigenvalue weighted by atomic mass is 10.1. The minimum absolute atomic E-state index is 0.592. The Hall–Kier alpha value is -3.14. The van der Waals surface area contributed by atoms with Crippen LogP contribution >= 0.6 is 0 Å². The van der Waals surface area contributed by atoms with Crippen molar-refractivity contribution >= 4 is 22.5 Å². The molecule has 2 aromatic carbocycles. The number of anilines is 2. The van der Waals surface area contributed by atoms with Crippen LogP contribution < -0.4 is 5.32 Å². The fourth-order valence-electron chi connectivity index (χ4n) is 2.50. The lowest BCUT2D eigenvalue weighted by molar-refractivity contribution is 1.17. The molecule has 0 bridgehead atoms. The van der Waals surface area contributed by atoms with Crippen LogP contribution in [-0.4, -0.2) is 15.0 Å². The second-order valence-corrected chi connectivity index (χ2v) is 5.00. The molecule has 2 N–H and O–H groups in total. The van der Waals surface area contributed by atoms with Crippen molar-refractivity contribution in [2.24, 2.45) is 0 Å². The van der Waals surface area contributed by atoms with E-state index >= 15 is 0 Å². The Morgan fingerprint density at radius 3 is 2.11 bits per heavy atom. The number of aromatic amines is 1. The normalized spacial score (nSPS) is 9.07. The molecule has 0 fully saturated rings. The molecule has 148 valence electrons. The van der Waals surface area contributed by atoms with Gasteiger partial charge in [-0.1, -0.05) is 77.9 Å². The molecule has 2 aromatic heterocycles. The number of nitrogens with zero attached hydrogens (tertiary/aromatic N) is 2. The van der Waals surface area contributed by atoms with E-state index in [9.17, 15) is 0 Å². The van der Waals surface area contributed by atoms with Gasteiger partial charge in [0.2, 0.25) is 5.95 Å². The molecule has 4 nitrogen and oxygen atoms in total. The van der Waals surface area contributed by atoms with E-state index in [1.165, 1.54) is 0 Å². The van der Waals surface area contributed by atoms with Crippen LogP contribution in [0.2, 0.25) is 0 Å². The van der Waals surface area contributed by atoms with Gasteiger partial charge in [0.15, 0.2) is 0 Å². The van der Waals surface area contributed by atoms with E-state index in [1.807, 2.05) is 96.3 Å². The third-order valence-corrected chi connectivity index (χ3v) is 3.55. The van der Waals surface area contributed by atoms with E-state index in [4.69, 9.17) is 0 Å². The zero-order valence-corrected chi connectivity index (χ0v) is 17.8. The molecule has 0 unspecified atom stereocenters. The van der Waals surface area contributed by atoms with Crippen molar-refractivity contribution in [3.63, 3.8) is 0 Å². The summed E-state index contributed by atoms with van der Waals surface area (Å²) in [5.41, 5.74) is 4.05. The number of para-hydroxylation sites is 2. The quantitative estimate of drug-likeness (QED) is 0.390. The van der Waals surface area contributed by atoms with E-state index in [0.29, 0.717) is 5.95 Å². The average molecular weight is 377 g/mol. The van der Waals surface area contributed by atoms with Gasteiger partial charge in [-0.2, -0.15) is 0 Å². The Balaban J connectivity index is 0.000000599. The summed E-state index contributed by atoms with van der Waals surface area (Å²) in [6, 6.07) is 20.0. The van der Waals surface area contributed by atoms with Crippen molar-refractivity contribution in [2.75, 3.05) is 5.32 Å². The maximum absolute atomic E-state index is 4.62. The van der Waals surface area contributed by atoms with Gasteiger partial charge in [0.25, 0.3) is 0 Å². The van der Waals surface area contributed by atoms with Gasteiger partial charge in [0.05, 0.1) is 5.69 Å². The van der Waals surface area contributed by atoms with Crippen LogP contribution in [0.25, 0.3) is 22.2 Å². The molecule has 4 rings (SSSR count).